The van der Waals surface area contributed by atoms with Gasteiger partial charge in [0.1, 0.15) is 5.75 Å². The lowest BCUT2D eigenvalue weighted by Crippen LogP contribution is -1.99. The van der Waals surface area contributed by atoms with Gasteiger partial charge in [0.05, 0.1) is 22.0 Å². The monoisotopic (exact) mass is 311 g/mol. The second-order valence-corrected chi connectivity index (χ2v) is 5.68. The topological polar surface area (TPSA) is 59.4 Å². The molecule has 2 aromatic rings. The third-order valence-corrected chi connectivity index (χ3v) is 4.21. The zero-order valence-electron chi connectivity index (χ0n) is 11.1. The standard InChI is InChI=1S/C14H14ClNO3S/c1-3-4-11-16-12(14(17)18)13(20-11)8-5-6-10(19-2)9(15)7-8/h5-7H,3-4H2,1-2H3,(H,17,18). The van der Waals surface area contributed by atoms with Gasteiger partial charge in [-0.2, -0.15) is 0 Å². The van der Waals surface area contributed by atoms with Crippen LogP contribution in [0, 0.1) is 0 Å². The number of halogens is 1. The lowest BCUT2D eigenvalue weighted by Gasteiger charge is -2.05. The summed E-state index contributed by atoms with van der Waals surface area (Å²) < 4.78 is 5.10. The molecule has 20 heavy (non-hydrogen) atoms. The number of carboxylic acid groups (broad SMARTS) is 1. The summed E-state index contributed by atoms with van der Waals surface area (Å²) in [6.45, 7) is 2.03. The van der Waals surface area contributed by atoms with Crippen molar-refractivity contribution < 1.29 is 14.6 Å². The van der Waals surface area contributed by atoms with Crippen LogP contribution in [0.4, 0.5) is 0 Å². The third kappa shape index (κ3) is 2.94. The van der Waals surface area contributed by atoms with Crippen LogP contribution in [0.2, 0.25) is 5.02 Å². The number of hydrogen-bond donors (Lipinski definition) is 1. The molecular formula is C14H14ClNO3S. The number of carboxylic acids is 1. The Morgan fingerprint density at radius 3 is 2.80 bits per heavy atom. The fourth-order valence-electron chi connectivity index (χ4n) is 1.83. The second kappa shape index (κ2) is 6.24. The summed E-state index contributed by atoms with van der Waals surface area (Å²) in [7, 11) is 1.54. The van der Waals surface area contributed by atoms with Crippen LogP contribution in [0.15, 0.2) is 18.2 Å². The summed E-state index contributed by atoms with van der Waals surface area (Å²) in [5.74, 6) is -0.462. The summed E-state index contributed by atoms with van der Waals surface area (Å²) in [4.78, 5) is 16.1. The van der Waals surface area contributed by atoms with Crippen LogP contribution in [-0.4, -0.2) is 23.2 Å². The number of rotatable bonds is 5. The fraction of sp³-hybridized carbons (Fsp3) is 0.286. The van der Waals surface area contributed by atoms with Gasteiger partial charge in [0.15, 0.2) is 5.69 Å². The predicted octanol–water partition coefficient (Wildman–Crippen LogP) is 4.12. The molecule has 0 radical (unpaired) electrons. The van der Waals surface area contributed by atoms with Crippen molar-refractivity contribution in [2.75, 3.05) is 7.11 Å². The molecule has 1 heterocycles. The Labute approximate surface area is 126 Å². The van der Waals surface area contributed by atoms with E-state index < -0.39 is 5.97 Å². The van der Waals surface area contributed by atoms with Crippen molar-refractivity contribution in [1.29, 1.82) is 0 Å². The highest BCUT2D eigenvalue weighted by Gasteiger charge is 2.19. The zero-order chi connectivity index (χ0) is 14.7. The summed E-state index contributed by atoms with van der Waals surface area (Å²) in [6.07, 6.45) is 1.70. The van der Waals surface area contributed by atoms with Crippen LogP contribution >= 0.6 is 22.9 Å². The van der Waals surface area contributed by atoms with Crippen LogP contribution in [0.25, 0.3) is 10.4 Å². The Balaban J connectivity index is 2.50. The second-order valence-electron chi connectivity index (χ2n) is 4.19. The molecule has 0 amide bonds. The van der Waals surface area contributed by atoms with Gasteiger partial charge >= 0.3 is 5.97 Å². The van der Waals surface area contributed by atoms with Crippen molar-refractivity contribution >= 4 is 28.9 Å². The van der Waals surface area contributed by atoms with E-state index in [0.717, 1.165) is 23.4 Å². The van der Waals surface area contributed by atoms with Crippen LogP contribution in [0.5, 0.6) is 5.75 Å². The minimum Gasteiger partial charge on any atom is -0.495 e. The maximum Gasteiger partial charge on any atom is 0.356 e. The van der Waals surface area contributed by atoms with Crippen LogP contribution in [0.3, 0.4) is 0 Å². The first kappa shape index (κ1) is 14.8. The predicted molar refractivity (Wildman–Crippen MR) is 80.1 cm³/mol. The quantitative estimate of drug-likeness (QED) is 0.902. The lowest BCUT2D eigenvalue weighted by molar-refractivity contribution is 0.0692. The van der Waals surface area contributed by atoms with Gasteiger partial charge in [0, 0.05) is 0 Å². The molecule has 106 valence electrons. The van der Waals surface area contributed by atoms with E-state index >= 15 is 0 Å². The van der Waals surface area contributed by atoms with Crippen molar-refractivity contribution in [1.82, 2.24) is 4.98 Å². The Hall–Kier alpha value is -1.59. The first-order valence-corrected chi connectivity index (χ1v) is 7.33. The smallest absolute Gasteiger partial charge is 0.356 e. The number of methoxy groups -OCH3 is 1. The molecular weight excluding hydrogens is 298 g/mol. The molecule has 0 saturated heterocycles. The Morgan fingerprint density at radius 1 is 1.50 bits per heavy atom. The highest BCUT2D eigenvalue weighted by atomic mass is 35.5. The maximum atomic E-state index is 11.3. The Kier molecular flexibility index (Phi) is 4.62. The van der Waals surface area contributed by atoms with E-state index in [-0.39, 0.29) is 5.69 Å². The van der Waals surface area contributed by atoms with Gasteiger partial charge in [-0.05, 0) is 36.6 Å². The third-order valence-electron chi connectivity index (χ3n) is 2.75. The van der Waals surface area contributed by atoms with Crippen molar-refractivity contribution in [3.8, 4) is 16.2 Å². The molecule has 0 atom stereocenters. The van der Waals surface area contributed by atoms with E-state index in [9.17, 15) is 9.90 Å². The molecule has 0 fully saturated rings. The van der Waals surface area contributed by atoms with Crippen molar-refractivity contribution in [2.24, 2.45) is 0 Å². The highest BCUT2D eigenvalue weighted by Crippen LogP contribution is 2.35. The number of aromatic nitrogens is 1. The SMILES string of the molecule is CCCc1nc(C(=O)O)c(-c2ccc(OC)c(Cl)c2)s1. The van der Waals surface area contributed by atoms with Crippen molar-refractivity contribution in [3.05, 3.63) is 33.9 Å². The molecule has 0 aliphatic heterocycles. The average Bonchev–Trinajstić information content (AvgIpc) is 2.83. The minimum atomic E-state index is -1.02. The van der Waals surface area contributed by atoms with Crippen molar-refractivity contribution in [2.45, 2.75) is 19.8 Å². The Morgan fingerprint density at radius 2 is 2.25 bits per heavy atom. The number of aromatic carboxylic acids is 1. The molecule has 0 unspecified atom stereocenters. The Bertz CT molecular complexity index is 639. The van der Waals surface area contributed by atoms with Gasteiger partial charge in [0.2, 0.25) is 0 Å². The average molecular weight is 312 g/mol. The summed E-state index contributed by atoms with van der Waals surface area (Å²) >= 11 is 7.49. The summed E-state index contributed by atoms with van der Waals surface area (Å²) in [5.41, 5.74) is 0.827. The molecule has 2 rings (SSSR count). The van der Waals surface area contributed by atoms with Crippen LogP contribution in [-0.2, 0) is 6.42 Å². The number of carbonyl (C=O) groups is 1. The van der Waals surface area contributed by atoms with Crippen LogP contribution < -0.4 is 4.74 Å². The molecule has 0 saturated carbocycles. The molecule has 1 aromatic carbocycles. The number of thiazole rings is 1. The number of ether oxygens (including phenoxy) is 1. The minimum absolute atomic E-state index is 0.0830. The van der Waals surface area contributed by atoms with E-state index in [2.05, 4.69) is 4.98 Å². The number of nitrogens with zero attached hydrogens (tertiary/aromatic N) is 1. The van der Waals surface area contributed by atoms with E-state index in [4.69, 9.17) is 16.3 Å². The molecule has 0 aliphatic carbocycles. The summed E-state index contributed by atoms with van der Waals surface area (Å²) in [5, 5.41) is 10.5. The molecule has 1 N–H and O–H groups in total. The highest BCUT2D eigenvalue weighted by molar-refractivity contribution is 7.15. The largest absolute Gasteiger partial charge is 0.495 e. The van der Waals surface area contributed by atoms with Gasteiger partial charge in [-0.25, -0.2) is 9.78 Å². The van der Waals surface area contributed by atoms with E-state index in [1.54, 1.807) is 18.2 Å². The zero-order valence-corrected chi connectivity index (χ0v) is 12.7. The molecule has 6 heteroatoms. The normalized spacial score (nSPS) is 10.6. The molecule has 4 nitrogen and oxygen atoms in total. The van der Waals surface area contributed by atoms with E-state index in [0.29, 0.717) is 15.6 Å². The number of hydrogen-bond acceptors (Lipinski definition) is 4. The lowest BCUT2D eigenvalue weighted by atomic mass is 10.1. The first-order valence-electron chi connectivity index (χ1n) is 6.13. The molecule has 0 spiro atoms. The van der Waals surface area contributed by atoms with Gasteiger partial charge in [-0.15, -0.1) is 11.3 Å². The van der Waals surface area contributed by atoms with Gasteiger partial charge in [-0.1, -0.05) is 18.5 Å². The van der Waals surface area contributed by atoms with E-state index in [1.165, 1.54) is 18.4 Å². The summed E-state index contributed by atoms with van der Waals surface area (Å²) in [6, 6.07) is 5.22. The maximum absolute atomic E-state index is 11.3. The van der Waals surface area contributed by atoms with Crippen LogP contribution in [0.1, 0.15) is 28.8 Å². The fourth-order valence-corrected chi connectivity index (χ4v) is 3.24. The van der Waals surface area contributed by atoms with Gasteiger partial charge in [-0.3, -0.25) is 0 Å². The number of benzene rings is 1. The van der Waals surface area contributed by atoms with E-state index in [1.807, 2.05) is 6.92 Å². The van der Waals surface area contributed by atoms with Gasteiger partial charge < -0.3 is 9.84 Å². The van der Waals surface area contributed by atoms with Crippen molar-refractivity contribution in [3.63, 3.8) is 0 Å². The molecule has 0 bridgehead atoms. The first-order chi connectivity index (χ1) is 9.56. The molecule has 0 aliphatic rings. The number of aryl methyl sites for hydroxylation is 1. The molecule has 1 aromatic heterocycles. The van der Waals surface area contributed by atoms with Gasteiger partial charge in [0.25, 0.3) is 0 Å².